The molecule has 0 aliphatic heterocycles. The third kappa shape index (κ3) is 1.97. The number of aromatic nitrogens is 1. The fraction of sp³-hybridized carbons (Fsp3) is 0.545. The zero-order chi connectivity index (χ0) is 9.97. The molecule has 2 rings (SSSR count). The average molecular weight is 192 g/mol. The summed E-state index contributed by atoms with van der Waals surface area (Å²) in [6, 6.07) is 4.43. The Labute approximate surface area is 84.5 Å². The van der Waals surface area contributed by atoms with Gasteiger partial charge in [-0.25, -0.2) is 4.98 Å². The van der Waals surface area contributed by atoms with Crippen LogP contribution in [-0.2, 0) is 0 Å². The molecular weight excluding hydrogens is 176 g/mol. The van der Waals surface area contributed by atoms with Crippen LogP contribution in [-0.4, -0.2) is 17.6 Å². The van der Waals surface area contributed by atoms with Crippen molar-refractivity contribution in [1.82, 2.24) is 4.98 Å². The molecule has 0 aromatic carbocycles. The van der Waals surface area contributed by atoms with Gasteiger partial charge in [0.05, 0.1) is 6.61 Å². The van der Waals surface area contributed by atoms with Gasteiger partial charge in [-0.1, -0.05) is 6.92 Å². The molecule has 1 fully saturated rings. The molecule has 1 N–H and O–H groups in total. The quantitative estimate of drug-likeness (QED) is 0.794. The summed E-state index contributed by atoms with van der Waals surface area (Å²) < 4.78 is 5.48. The minimum Gasteiger partial charge on any atom is -0.490 e. The lowest BCUT2D eigenvalue weighted by Crippen LogP contribution is -2.07. The van der Waals surface area contributed by atoms with Crippen LogP contribution in [0.2, 0.25) is 0 Å². The molecular formula is C11H16N2O. The number of nitrogens with zero attached hydrogens (tertiary/aromatic N) is 1. The molecule has 0 saturated heterocycles. The topological polar surface area (TPSA) is 34.1 Å². The lowest BCUT2D eigenvalue weighted by molar-refractivity contribution is 0.340. The lowest BCUT2D eigenvalue weighted by atomic mass is 10.4. The van der Waals surface area contributed by atoms with E-state index in [1.807, 2.05) is 19.1 Å². The van der Waals surface area contributed by atoms with Gasteiger partial charge in [0.25, 0.3) is 0 Å². The summed E-state index contributed by atoms with van der Waals surface area (Å²) >= 11 is 0. The molecule has 0 spiro atoms. The smallest absolute Gasteiger partial charge is 0.168 e. The van der Waals surface area contributed by atoms with Gasteiger partial charge in [0.1, 0.15) is 0 Å². The highest BCUT2D eigenvalue weighted by atomic mass is 16.5. The number of ether oxygens (including phenoxy) is 1. The molecule has 76 valence electrons. The number of nitrogens with one attached hydrogen (secondary N) is 1. The predicted octanol–water partition coefficient (Wildman–Crippen LogP) is 2.30. The summed E-state index contributed by atoms with van der Waals surface area (Å²) in [6.45, 7) is 4.90. The van der Waals surface area contributed by atoms with Crippen LogP contribution in [0.3, 0.4) is 0 Å². The summed E-state index contributed by atoms with van der Waals surface area (Å²) in [7, 11) is 0. The Hall–Kier alpha value is -1.25. The second kappa shape index (κ2) is 3.86. The van der Waals surface area contributed by atoms with Gasteiger partial charge in [0.2, 0.25) is 0 Å². The third-order valence-electron chi connectivity index (χ3n) is 2.50. The number of rotatable bonds is 4. The molecule has 0 amide bonds. The predicted molar refractivity (Wildman–Crippen MR) is 56.6 cm³/mol. The van der Waals surface area contributed by atoms with Crippen molar-refractivity contribution in [2.24, 2.45) is 5.92 Å². The maximum atomic E-state index is 5.48. The first-order chi connectivity index (χ1) is 6.81. The van der Waals surface area contributed by atoms with E-state index in [0.29, 0.717) is 12.6 Å². The molecule has 1 saturated carbocycles. The van der Waals surface area contributed by atoms with Crippen molar-refractivity contribution in [3.8, 4) is 5.75 Å². The van der Waals surface area contributed by atoms with Crippen LogP contribution in [0.25, 0.3) is 0 Å². The van der Waals surface area contributed by atoms with Gasteiger partial charge in [-0.15, -0.1) is 0 Å². The molecule has 14 heavy (non-hydrogen) atoms. The molecule has 1 aromatic rings. The summed E-state index contributed by atoms with van der Waals surface area (Å²) in [5.74, 6) is 2.50. The Morgan fingerprint density at radius 2 is 2.43 bits per heavy atom. The molecule has 0 bridgehead atoms. The van der Waals surface area contributed by atoms with E-state index >= 15 is 0 Å². The maximum absolute atomic E-state index is 5.48. The molecule has 3 heteroatoms. The fourth-order valence-electron chi connectivity index (χ4n) is 1.47. The van der Waals surface area contributed by atoms with E-state index in [2.05, 4.69) is 17.2 Å². The monoisotopic (exact) mass is 192 g/mol. The highest BCUT2D eigenvalue weighted by molar-refractivity contribution is 5.51. The molecule has 2 unspecified atom stereocenters. The van der Waals surface area contributed by atoms with Crippen molar-refractivity contribution in [2.45, 2.75) is 26.3 Å². The summed E-state index contributed by atoms with van der Waals surface area (Å²) in [6.07, 6.45) is 3.03. The maximum Gasteiger partial charge on any atom is 0.168 e. The number of hydrogen-bond acceptors (Lipinski definition) is 3. The minimum absolute atomic E-state index is 0.587. The Morgan fingerprint density at radius 1 is 1.64 bits per heavy atom. The van der Waals surface area contributed by atoms with Crippen molar-refractivity contribution in [3.63, 3.8) is 0 Å². The Morgan fingerprint density at radius 3 is 3.07 bits per heavy atom. The van der Waals surface area contributed by atoms with E-state index in [0.717, 1.165) is 17.5 Å². The second-order valence-corrected chi connectivity index (χ2v) is 3.75. The van der Waals surface area contributed by atoms with Crippen molar-refractivity contribution in [2.75, 3.05) is 11.9 Å². The van der Waals surface area contributed by atoms with Crippen LogP contribution in [0.4, 0.5) is 5.82 Å². The van der Waals surface area contributed by atoms with Gasteiger partial charge < -0.3 is 10.1 Å². The Bertz CT molecular complexity index is 314. The highest BCUT2D eigenvalue weighted by Gasteiger charge is 2.33. The van der Waals surface area contributed by atoms with Crippen LogP contribution in [0, 0.1) is 5.92 Å². The SMILES string of the molecule is CCOc1cccnc1NC1CC1C. The van der Waals surface area contributed by atoms with Crippen molar-refractivity contribution in [1.29, 1.82) is 0 Å². The molecule has 1 aliphatic rings. The van der Waals surface area contributed by atoms with E-state index in [9.17, 15) is 0 Å². The number of pyridine rings is 1. The summed E-state index contributed by atoms with van der Waals surface area (Å²) in [4.78, 5) is 4.28. The lowest BCUT2D eigenvalue weighted by Gasteiger charge is -2.10. The van der Waals surface area contributed by atoms with E-state index in [4.69, 9.17) is 4.74 Å². The van der Waals surface area contributed by atoms with E-state index < -0.39 is 0 Å². The van der Waals surface area contributed by atoms with Gasteiger partial charge in [-0.2, -0.15) is 0 Å². The van der Waals surface area contributed by atoms with Crippen LogP contribution >= 0.6 is 0 Å². The van der Waals surface area contributed by atoms with Crippen molar-refractivity contribution < 1.29 is 4.74 Å². The molecule has 2 atom stereocenters. The third-order valence-corrected chi connectivity index (χ3v) is 2.50. The fourth-order valence-corrected chi connectivity index (χ4v) is 1.47. The molecule has 0 radical (unpaired) electrons. The first kappa shape index (κ1) is 9.31. The van der Waals surface area contributed by atoms with Gasteiger partial charge >= 0.3 is 0 Å². The Kier molecular flexibility index (Phi) is 2.57. The zero-order valence-electron chi connectivity index (χ0n) is 8.66. The van der Waals surface area contributed by atoms with Crippen LogP contribution < -0.4 is 10.1 Å². The van der Waals surface area contributed by atoms with Gasteiger partial charge in [0.15, 0.2) is 11.6 Å². The summed E-state index contributed by atoms with van der Waals surface area (Å²) in [5.41, 5.74) is 0. The highest BCUT2D eigenvalue weighted by Crippen LogP contribution is 2.34. The molecule has 1 aliphatic carbocycles. The van der Waals surface area contributed by atoms with Gasteiger partial charge in [0, 0.05) is 12.2 Å². The van der Waals surface area contributed by atoms with Crippen LogP contribution in [0.15, 0.2) is 18.3 Å². The van der Waals surface area contributed by atoms with Gasteiger partial charge in [-0.05, 0) is 31.4 Å². The minimum atomic E-state index is 0.587. The number of hydrogen-bond donors (Lipinski definition) is 1. The van der Waals surface area contributed by atoms with Crippen LogP contribution in [0.5, 0.6) is 5.75 Å². The second-order valence-electron chi connectivity index (χ2n) is 3.75. The van der Waals surface area contributed by atoms with Crippen LogP contribution in [0.1, 0.15) is 20.3 Å². The average Bonchev–Trinajstić information content (AvgIpc) is 2.86. The molecule has 3 nitrogen and oxygen atoms in total. The first-order valence-electron chi connectivity index (χ1n) is 5.15. The summed E-state index contributed by atoms with van der Waals surface area (Å²) in [5, 5.41) is 3.38. The van der Waals surface area contributed by atoms with Crippen molar-refractivity contribution in [3.05, 3.63) is 18.3 Å². The Balaban J connectivity index is 2.06. The van der Waals surface area contributed by atoms with Gasteiger partial charge in [-0.3, -0.25) is 0 Å². The van der Waals surface area contributed by atoms with Crippen molar-refractivity contribution >= 4 is 5.82 Å². The number of anilines is 1. The first-order valence-corrected chi connectivity index (χ1v) is 5.15. The molecule has 1 heterocycles. The van der Waals surface area contributed by atoms with E-state index in [1.54, 1.807) is 6.20 Å². The normalized spacial score (nSPS) is 24.4. The largest absolute Gasteiger partial charge is 0.490 e. The standard InChI is InChI=1S/C11H16N2O/c1-3-14-10-5-4-6-12-11(10)13-9-7-8(9)2/h4-6,8-9H,3,7H2,1-2H3,(H,12,13). The zero-order valence-corrected chi connectivity index (χ0v) is 8.66. The van der Waals surface area contributed by atoms with E-state index in [-0.39, 0.29) is 0 Å². The molecule has 1 aromatic heterocycles. The van der Waals surface area contributed by atoms with E-state index in [1.165, 1.54) is 6.42 Å².